The second-order valence-electron chi connectivity index (χ2n) is 9.27. The Kier molecular flexibility index (Phi) is 6.95. The van der Waals surface area contributed by atoms with E-state index >= 15 is 0 Å². The first-order valence-corrected chi connectivity index (χ1v) is 14.0. The van der Waals surface area contributed by atoms with Gasteiger partial charge in [-0.15, -0.1) is 0 Å². The lowest BCUT2D eigenvalue weighted by Gasteiger charge is -2.30. The van der Waals surface area contributed by atoms with Crippen LogP contribution in [0.5, 0.6) is 0 Å². The Bertz CT molecular complexity index is 658. The normalized spacial score (nSPS) is 21.8. The van der Waals surface area contributed by atoms with Crippen molar-refractivity contribution in [1.29, 1.82) is 0 Å². The molecule has 2 fully saturated rings. The van der Waals surface area contributed by atoms with Crippen molar-refractivity contribution in [2.24, 2.45) is 0 Å². The molecule has 4 rings (SSSR count). The molecular formula is C26H37BP+. The second kappa shape index (κ2) is 9.62. The van der Waals surface area contributed by atoms with Gasteiger partial charge in [-0.1, -0.05) is 99.8 Å². The summed E-state index contributed by atoms with van der Waals surface area (Å²) in [5, 5.41) is 3.28. The number of fused-ring (bicyclic) bond motifs is 2. The number of rotatable bonds is 9. The highest BCUT2D eigenvalue weighted by molar-refractivity contribution is 7.89. The highest BCUT2D eigenvalue weighted by Gasteiger charge is 2.44. The molecule has 2 aliphatic heterocycles. The number of benzene rings is 2. The zero-order valence-electron chi connectivity index (χ0n) is 17.7. The van der Waals surface area contributed by atoms with Gasteiger partial charge in [-0.2, -0.15) is 0 Å². The van der Waals surface area contributed by atoms with Gasteiger partial charge in [0.2, 0.25) is 0 Å². The summed E-state index contributed by atoms with van der Waals surface area (Å²) in [7, 11) is -1.30. The van der Waals surface area contributed by atoms with Crippen LogP contribution in [0.25, 0.3) is 0 Å². The zero-order valence-corrected chi connectivity index (χ0v) is 18.6. The summed E-state index contributed by atoms with van der Waals surface area (Å²) in [4.78, 5) is 0. The highest BCUT2D eigenvalue weighted by Crippen LogP contribution is 2.58. The van der Waals surface area contributed by atoms with Crippen molar-refractivity contribution in [2.75, 3.05) is 12.3 Å². The average Bonchev–Trinajstić information content (AvgIpc) is 2.97. The molecule has 2 aromatic carbocycles. The van der Waals surface area contributed by atoms with Crippen LogP contribution < -0.4 is 10.6 Å². The Balaban J connectivity index is 1.57. The molecule has 0 N–H and O–H groups in total. The fourth-order valence-electron chi connectivity index (χ4n) is 6.30. The van der Waals surface area contributed by atoms with Crippen LogP contribution in [0.4, 0.5) is 0 Å². The Hall–Kier alpha value is -1.07. The van der Waals surface area contributed by atoms with E-state index in [0.717, 1.165) is 18.3 Å². The van der Waals surface area contributed by atoms with Gasteiger partial charge in [-0.3, -0.25) is 0 Å². The molecule has 2 aliphatic rings. The summed E-state index contributed by atoms with van der Waals surface area (Å²) >= 11 is 0. The van der Waals surface area contributed by atoms with Crippen LogP contribution in [0.3, 0.4) is 0 Å². The van der Waals surface area contributed by atoms with Gasteiger partial charge in [0.1, 0.15) is 6.71 Å². The molecule has 28 heavy (non-hydrogen) atoms. The van der Waals surface area contributed by atoms with E-state index in [1.54, 1.807) is 10.6 Å². The maximum Gasteiger partial charge on any atom is 0.146 e. The van der Waals surface area contributed by atoms with Gasteiger partial charge >= 0.3 is 0 Å². The van der Waals surface area contributed by atoms with E-state index in [1.165, 1.54) is 70.0 Å². The van der Waals surface area contributed by atoms with E-state index in [1.807, 2.05) is 0 Å². The summed E-state index contributed by atoms with van der Waals surface area (Å²) in [6, 6.07) is 23.1. The SMILES string of the molecule is CCCC[P+](CCCB1C2CCCC1CC2)(c1ccccc1)c1ccccc1. The van der Waals surface area contributed by atoms with E-state index in [9.17, 15) is 0 Å². The fraction of sp³-hybridized carbons (Fsp3) is 0.538. The van der Waals surface area contributed by atoms with Crippen LogP contribution >= 0.6 is 7.26 Å². The Morgan fingerprint density at radius 2 is 1.29 bits per heavy atom. The quantitative estimate of drug-likeness (QED) is 0.317. The second-order valence-corrected chi connectivity index (χ2v) is 13.1. The third-order valence-electron chi connectivity index (χ3n) is 7.74. The molecular weight excluding hydrogens is 354 g/mol. The van der Waals surface area contributed by atoms with Crippen molar-refractivity contribution >= 4 is 24.6 Å². The van der Waals surface area contributed by atoms with Gasteiger partial charge in [0, 0.05) is 0 Å². The predicted molar refractivity (Wildman–Crippen MR) is 129 cm³/mol. The molecule has 0 amide bonds. The van der Waals surface area contributed by atoms with Crippen molar-refractivity contribution in [1.82, 2.24) is 0 Å². The van der Waals surface area contributed by atoms with Gasteiger partial charge in [0.25, 0.3) is 0 Å². The minimum atomic E-state index is -1.30. The molecule has 2 saturated heterocycles. The Labute approximate surface area is 173 Å². The van der Waals surface area contributed by atoms with Gasteiger partial charge < -0.3 is 0 Å². The zero-order chi connectivity index (χ0) is 19.2. The molecule has 0 aliphatic carbocycles. The predicted octanol–water partition coefficient (Wildman–Crippen LogP) is 7.06. The monoisotopic (exact) mass is 391 g/mol. The van der Waals surface area contributed by atoms with E-state index in [4.69, 9.17) is 0 Å². The Morgan fingerprint density at radius 1 is 0.750 bits per heavy atom. The van der Waals surface area contributed by atoms with Gasteiger partial charge in [-0.05, 0) is 37.1 Å². The molecule has 0 radical (unpaired) electrons. The van der Waals surface area contributed by atoms with E-state index in [0.29, 0.717) is 0 Å². The summed E-state index contributed by atoms with van der Waals surface area (Å²) in [5.41, 5.74) is 0. The van der Waals surface area contributed by atoms with Gasteiger partial charge in [-0.25, -0.2) is 0 Å². The number of hydrogen-bond donors (Lipinski definition) is 0. The van der Waals surface area contributed by atoms with Crippen molar-refractivity contribution in [3.8, 4) is 0 Å². The van der Waals surface area contributed by atoms with Crippen LogP contribution in [0.15, 0.2) is 60.7 Å². The van der Waals surface area contributed by atoms with Crippen LogP contribution in [0, 0.1) is 0 Å². The standard InChI is InChI=1S/C26H37BP/c1-2-3-21-28(25-14-6-4-7-15-25,26-16-8-5-9-17-26)22-11-20-27-23-12-10-13-24(27)19-18-23/h4-9,14-17,23-24H,2-3,10-13,18-22H2,1H3/q+1. The molecule has 2 bridgehead atoms. The van der Waals surface area contributed by atoms with Crippen LogP contribution in [0.2, 0.25) is 18.0 Å². The van der Waals surface area contributed by atoms with Crippen molar-refractivity contribution in [3.05, 3.63) is 60.7 Å². The van der Waals surface area contributed by atoms with E-state index in [-0.39, 0.29) is 0 Å². The van der Waals surface area contributed by atoms with Crippen LogP contribution in [-0.4, -0.2) is 19.0 Å². The fourth-order valence-corrected chi connectivity index (χ4v) is 10.9. The third-order valence-corrected chi connectivity index (χ3v) is 12.5. The lowest BCUT2D eigenvalue weighted by molar-refractivity contribution is 0.635. The van der Waals surface area contributed by atoms with E-state index in [2.05, 4.69) is 67.6 Å². The third kappa shape index (κ3) is 4.26. The van der Waals surface area contributed by atoms with Crippen molar-refractivity contribution < 1.29 is 0 Å². The largest absolute Gasteiger partial charge is 0.146 e. The molecule has 0 aromatic heterocycles. The topological polar surface area (TPSA) is 0 Å². The molecule has 0 saturated carbocycles. The molecule has 2 unspecified atom stereocenters. The minimum absolute atomic E-state index is 1.05. The molecule has 2 heteroatoms. The average molecular weight is 391 g/mol. The molecule has 2 atom stereocenters. The summed E-state index contributed by atoms with van der Waals surface area (Å²) < 4.78 is 0. The summed E-state index contributed by atoms with van der Waals surface area (Å²) in [5.74, 6) is 2.13. The number of hydrogen-bond acceptors (Lipinski definition) is 0. The lowest BCUT2D eigenvalue weighted by atomic mass is 9.32. The smallest absolute Gasteiger partial charge is 0.0702 e. The summed E-state index contributed by atoms with van der Waals surface area (Å²) in [6.45, 7) is 3.40. The maximum absolute atomic E-state index is 2.43. The molecule has 0 nitrogen and oxygen atoms in total. The molecule has 2 heterocycles. The van der Waals surface area contributed by atoms with Crippen molar-refractivity contribution in [2.45, 2.75) is 76.2 Å². The first-order valence-electron chi connectivity index (χ1n) is 11.8. The molecule has 0 spiro atoms. The van der Waals surface area contributed by atoms with Crippen LogP contribution in [-0.2, 0) is 0 Å². The first kappa shape index (κ1) is 20.2. The minimum Gasteiger partial charge on any atom is -0.0702 e. The lowest BCUT2D eigenvalue weighted by Crippen LogP contribution is -2.29. The van der Waals surface area contributed by atoms with Crippen LogP contribution in [0.1, 0.15) is 58.3 Å². The van der Waals surface area contributed by atoms with Gasteiger partial charge in [0.15, 0.2) is 0 Å². The van der Waals surface area contributed by atoms with E-state index < -0.39 is 7.26 Å². The maximum atomic E-state index is 2.43. The molecule has 2 aromatic rings. The highest BCUT2D eigenvalue weighted by atomic mass is 31.2. The van der Waals surface area contributed by atoms with Gasteiger partial charge in [0.05, 0.1) is 30.2 Å². The first-order chi connectivity index (χ1) is 13.8. The Morgan fingerprint density at radius 3 is 1.82 bits per heavy atom. The molecule has 148 valence electrons. The van der Waals surface area contributed by atoms with Crippen molar-refractivity contribution in [3.63, 3.8) is 0 Å². The number of unbranched alkanes of at least 4 members (excludes halogenated alkanes) is 1. The summed E-state index contributed by atoms with van der Waals surface area (Å²) in [6.07, 6.45) is 16.0.